The van der Waals surface area contributed by atoms with Crippen molar-refractivity contribution in [1.82, 2.24) is 4.98 Å². The highest BCUT2D eigenvalue weighted by Crippen LogP contribution is 2.22. The topological polar surface area (TPSA) is 135 Å². The van der Waals surface area contributed by atoms with Crippen molar-refractivity contribution in [2.75, 3.05) is 22.2 Å². The molecule has 0 bridgehead atoms. The first-order valence-electron chi connectivity index (χ1n) is 8.15. The van der Waals surface area contributed by atoms with Crippen LogP contribution in [0.5, 0.6) is 0 Å². The molecule has 9 nitrogen and oxygen atoms in total. The Balaban J connectivity index is 2.16. The number of ether oxygens (including phenoxy) is 1. The predicted octanol–water partition coefficient (Wildman–Crippen LogP) is 3.07. The van der Waals surface area contributed by atoms with Crippen molar-refractivity contribution in [3.8, 4) is 0 Å². The molecular formula is C17H23N5O4S. The van der Waals surface area contributed by atoms with Crippen molar-refractivity contribution in [1.29, 1.82) is 0 Å². The smallest absolute Gasteiger partial charge is 0.428 e. The van der Waals surface area contributed by atoms with Gasteiger partial charge in [-0.05, 0) is 45.0 Å². The third-order valence-corrected chi connectivity index (χ3v) is 4.25. The number of carboxylic acid groups (broad SMARTS) is 1. The van der Waals surface area contributed by atoms with Crippen LogP contribution in [0.3, 0.4) is 0 Å². The standard InChI is InChI=1S/C17H23N5O4S/c1-17(2,3)26-16(25)21(13-6-4-11(18)5-7-13)9-8-12-10-27-14(20-12)22(19)15(23)24/h4-7,10H,8-9,18-19H2,1-3H3,(H,23,24). The molecule has 0 spiro atoms. The monoisotopic (exact) mass is 393 g/mol. The highest BCUT2D eigenvalue weighted by Gasteiger charge is 2.24. The zero-order valence-corrected chi connectivity index (χ0v) is 16.2. The van der Waals surface area contributed by atoms with E-state index in [0.717, 1.165) is 11.3 Å². The van der Waals surface area contributed by atoms with Crippen LogP contribution in [0.25, 0.3) is 0 Å². The first kappa shape index (κ1) is 20.5. The van der Waals surface area contributed by atoms with Crippen molar-refractivity contribution in [3.63, 3.8) is 0 Å². The van der Waals surface area contributed by atoms with Crippen LogP contribution < -0.4 is 21.5 Å². The molecule has 2 rings (SSSR count). The molecule has 2 aromatic rings. The molecule has 10 heteroatoms. The molecule has 1 aromatic heterocycles. The number of anilines is 3. The zero-order chi connectivity index (χ0) is 20.2. The number of rotatable bonds is 5. The number of hydrazine groups is 1. The number of nitrogen functional groups attached to an aromatic ring is 1. The lowest BCUT2D eigenvalue weighted by Crippen LogP contribution is -2.38. The number of benzene rings is 1. The van der Waals surface area contributed by atoms with Gasteiger partial charge in [0.1, 0.15) is 5.60 Å². The molecule has 2 amide bonds. The lowest BCUT2D eigenvalue weighted by molar-refractivity contribution is 0.0580. The van der Waals surface area contributed by atoms with Crippen molar-refractivity contribution in [2.24, 2.45) is 5.84 Å². The summed E-state index contributed by atoms with van der Waals surface area (Å²) in [6.07, 6.45) is -1.39. The van der Waals surface area contributed by atoms with E-state index >= 15 is 0 Å². The highest BCUT2D eigenvalue weighted by molar-refractivity contribution is 7.13. The lowest BCUT2D eigenvalue weighted by atomic mass is 10.2. The number of thiazole rings is 1. The molecular weight excluding hydrogens is 370 g/mol. The van der Waals surface area contributed by atoms with Crippen LogP contribution in [0, 0.1) is 0 Å². The van der Waals surface area contributed by atoms with Gasteiger partial charge in [-0.1, -0.05) is 0 Å². The summed E-state index contributed by atoms with van der Waals surface area (Å²) in [5, 5.41) is 11.3. The van der Waals surface area contributed by atoms with Crippen LogP contribution in [0.2, 0.25) is 0 Å². The molecule has 0 aliphatic rings. The molecule has 0 saturated heterocycles. The molecule has 0 aliphatic heterocycles. The van der Waals surface area contributed by atoms with Crippen molar-refractivity contribution in [2.45, 2.75) is 32.8 Å². The van der Waals surface area contributed by atoms with Gasteiger partial charge < -0.3 is 15.6 Å². The van der Waals surface area contributed by atoms with E-state index in [1.807, 2.05) is 0 Å². The molecule has 0 unspecified atom stereocenters. The van der Waals surface area contributed by atoms with E-state index in [2.05, 4.69) is 4.98 Å². The van der Waals surface area contributed by atoms with Gasteiger partial charge in [-0.15, -0.1) is 11.3 Å². The van der Waals surface area contributed by atoms with Gasteiger partial charge in [-0.25, -0.2) is 20.4 Å². The Bertz CT molecular complexity index is 800. The summed E-state index contributed by atoms with van der Waals surface area (Å²) in [7, 11) is 0. The van der Waals surface area contributed by atoms with Gasteiger partial charge in [0.2, 0.25) is 5.13 Å². The minimum atomic E-state index is -1.30. The SMILES string of the molecule is CC(C)(C)OC(=O)N(CCc1csc(N(N)C(=O)O)n1)c1ccc(N)cc1. The fourth-order valence-electron chi connectivity index (χ4n) is 2.13. The summed E-state index contributed by atoms with van der Waals surface area (Å²) >= 11 is 1.11. The number of nitrogens with two attached hydrogens (primary N) is 2. The van der Waals surface area contributed by atoms with E-state index < -0.39 is 17.8 Å². The van der Waals surface area contributed by atoms with Gasteiger partial charge >= 0.3 is 12.2 Å². The second-order valence-corrected chi connectivity index (χ2v) is 7.58. The fourth-order valence-corrected chi connectivity index (χ4v) is 2.90. The van der Waals surface area contributed by atoms with Gasteiger partial charge in [0.15, 0.2) is 0 Å². The molecule has 146 valence electrons. The quantitative estimate of drug-likeness (QED) is 0.307. The van der Waals surface area contributed by atoms with E-state index in [0.29, 0.717) is 35.0 Å². The summed E-state index contributed by atoms with van der Waals surface area (Å²) in [6, 6.07) is 6.87. The van der Waals surface area contributed by atoms with E-state index in [1.165, 1.54) is 4.90 Å². The van der Waals surface area contributed by atoms with E-state index in [4.69, 9.17) is 21.4 Å². The average molecular weight is 393 g/mol. The number of carbonyl (C=O) groups is 2. The number of hydrogen-bond donors (Lipinski definition) is 3. The molecule has 0 atom stereocenters. The minimum Gasteiger partial charge on any atom is -0.464 e. The molecule has 5 N–H and O–H groups in total. The lowest BCUT2D eigenvalue weighted by Gasteiger charge is -2.27. The predicted molar refractivity (Wildman–Crippen MR) is 105 cm³/mol. The molecule has 1 aromatic carbocycles. The second-order valence-electron chi connectivity index (χ2n) is 6.75. The Kier molecular flexibility index (Phi) is 6.24. The van der Waals surface area contributed by atoms with Crippen molar-refractivity contribution < 1.29 is 19.4 Å². The van der Waals surface area contributed by atoms with Crippen molar-refractivity contribution in [3.05, 3.63) is 35.3 Å². The van der Waals surface area contributed by atoms with Gasteiger partial charge in [-0.2, -0.15) is 5.01 Å². The van der Waals surface area contributed by atoms with Crippen LogP contribution in [0.1, 0.15) is 26.5 Å². The van der Waals surface area contributed by atoms with Gasteiger partial charge in [0.05, 0.1) is 5.69 Å². The van der Waals surface area contributed by atoms with E-state index in [-0.39, 0.29) is 5.13 Å². The van der Waals surface area contributed by atoms with Crippen LogP contribution >= 0.6 is 11.3 Å². The Morgan fingerprint density at radius 1 is 1.26 bits per heavy atom. The minimum absolute atomic E-state index is 0.161. The Labute approximate surface area is 161 Å². The number of amides is 2. The Morgan fingerprint density at radius 3 is 2.44 bits per heavy atom. The number of carbonyl (C=O) groups excluding carboxylic acids is 1. The Hall–Kier alpha value is -2.85. The summed E-state index contributed by atoms with van der Waals surface area (Å²) in [6.45, 7) is 5.67. The largest absolute Gasteiger partial charge is 0.464 e. The van der Waals surface area contributed by atoms with E-state index in [1.54, 1.807) is 50.4 Å². The summed E-state index contributed by atoms with van der Waals surface area (Å²) in [5.74, 6) is 5.42. The maximum Gasteiger partial charge on any atom is 0.428 e. The molecule has 0 saturated carbocycles. The molecule has 0 radical (unpaired) electrons. The number of hydrogen-bond acceptors (Lipinski definition) is 7. The molecule has 0 aliphatic carbocycles. The molecule has 27 heavy (non-hydrogen) atoms. The molecule has 0 fully saturated rings. The first-order chi connectivity index (χ1) is 12.6. The fraction of sp³-hybridized carbons (Fsp3) is 0.353. The van der Waals surface area contributed by atoms with Crippen molar-refractivity contribution >= 4 is 40.0 Å². The van der Waals surface area contributed by atoms with Crippen LogP contribution in [-0.4, -0.2) is 34.4 Å². The van der Waals surface area contributed by atoms with Gasteiger partial charge in [-0.3, -0.25) is 4.90 Å². The Morgan fingerprint density at radius 2 is 1.89 bits per heavy atom. The number of aromatic nitrogens is 1. The normalized spacial score (nSPS) is 11.1. The van der Waals surface area contributed by atoms with Gasteiger partial charge in [0, 0.05) is 29.7 Å². The summed E-state index contributed by atoms with van der Waals surface area (Å²) in [5.41, 5.74) is 6.92. The van der Waals surface area contributed by atoms with Crippen LogP contribution in [0.4, 0.5) is 26.1 Å². The first-order valence-corrected chi connectivity index (χ1v) is 9.03. The van der Waals surface area contributed by atoms with E-state index in [9.17, 15) is 9.59 Å². The second kappa shape index (κ2) is 8.23. The summed E-state index contributed by atoms with van der Waals surface area (Å²) in [4.78, 5) is 29.2. The maximum absolute atomic E-state index is 12.6. The summed E-state index contributed by atoms with van der Waals surface area (Å²) < 4.78 is 5.48. The zero-order valence-electron chi connectivity index (χ0n) is 15.4. The van der Waals surface area contributed by atoms with Gasteiger partial charge in [0.25, 0.3) is 0 Å². The third kappa shape index (κ3) is 5.83. The molecule has 1 heterocycles. The maximum atomic E-state index is 12.6. The van der Waals surface area contributed by atoms with Crippen LogP contribution in [-0.2, 0) is 11.2 Å². The third-order valence-electron chi connectivity index (χ3n) is 3.36. The average Bonchev–Trinajstić information content (AvgIpc) is 3.03. The van der Waals surface area contributed by atoms with Crippen LogP contribution in [0.15, 0.2) is 29.6 Å². The number of nitrogens with zero attached hydrogens (tertiary/aromatic N) is 3. The highest BCUT2D eigenvalue weighted by atomic mass is 32.1.